The molecule has 1 aromatic carbocycles. The second kappa shape index (κ2) is 6.62. The fourth-order valence-electron chi connectivity index (χ4n) is 2.86. The zero-order valence-corrected chi connectivity index (χ0v) is 13.6. The van der Waals surface area contributed by atoms with Gasteiger partial charge in [0.2, 0.25) is 12.3 Å². The Labute approximate surface area is 138 Å². The maximum absolute atomic E-state index is 13.1. The molecule has 0 saturated carbocycles. The fraction of sp³-hybridized carbons (Fsp3) is 0.375. The van der Waals surface area contributed by atoms with Crippen molar-refractivity contribution in [1.29, 1.82) is 0 Å². The van der Waals surface area contributed by atoms with E-state index in [-0.39, 0.29) is 17.2 Å². The molecule has 2 aliphatic rings. The molecule has 3 rings (SSSR count). The van der Waals surface area contributed by atoms with Crippen molar-refractivity contribution in [2.75, 3.05) is 6.54 Å². The standard InChI is InChI=1S/C16H18FN3O2S/c1-11-15(18-10-21)23-16(19-8-2-3-14(19)22)20(11)9-12-4-6-13(17)7-5-12/h4-7,10,16H,2-3,8-9H2,1H3,(H,18,21). The molecule has 2 aliphatic heterocycles. The van der Waals surface area contributed by atoms with Gasteiger partial charge in [-0.3, -0.25) is 9.59 Å². The molecule has 122 valence electrons. The second-order valence-electron chi connectivity index (χ2n) is 5.57. The number of benzene rings is 1. The van der Waals surface area contributed by atoms with Gasteiger partial charge in [-0.15, -0.1) is 0 Å². The highest BCUT2D eigenvalue weighted by Gasteiger charge is 2.38. The van der Waals surface area contributed by atoms with Crippen LogP contribution in [0.1, 0.15) is 25.3 Å². The number of allylic oxidation sites excluding steroid dienone is 1. The highest BCUT2D eigenvalue weighted by atomic mass is 32.2. The summed E-state index contributed by atoms with van der Waals surface area (Å²) in [4.78, 5) is 26.8. The monoisotopic (exact) mass is 335 g/mol. The number of carbonyl (C=O) groups is 2. The van der Waals surface area contributed by atoms with Gasteiger partial charge in [0.1, 0.15) is 5.82 Å². The molecule has 23 heavy (non-hydrogen) atoms. The van der Waals surface area contributed by atoms with Crippen LogP contribution in [0.15, 0.2) is 35.0 Å². The van der Waals surface area contributed by atoms with Crippen LogP contribution in [0, 0.1) is 5.82 Å². The third-order valence-electron chi connectivity index (χ3n) is 4.08. The van der Waals surface area contributed by atoms with Crippen LogP contribution in [-0.4, -0.2) is 34.2 Å². The smallest absolute Gasteiger partial charge is 0.224 e. The van der Waals surface area contributed by atoms with Gasteiger partial charge in [-0.1, -0.05) is 23.9 Å². The summed E-state index contributed by atoms with van der Waals surface area (Å²) in [5, 5.41) is 3.47. The average Bonchev–Trinajstić information content (AvgIpc) is 3.08. The summed E-state index contributed by atoms with van der Waals surface area (Å²) in [5.74, 6) is -0.141. The van der Waals surface area contributed by atoms with Crippen LogP contribution < -0.4 is 5.32 Å². The van der Waals surface area contributed by atoms with Crippen molar-refractivity contribution in [2.45, 2.75) is 31.8 Å². The Morgan fingerprint density at radius 2 is 2.13 bits per heavy atom. The van der Waals surface area contributed by atoms with Crippen LogP contribution in [0.25, 0.3) is 0 Å². The van der Waals surface area contributed by atoms with Gasteiger partial charge in [0, 0.05) is 25.2 Å². The van der Waals surface area contributed by atoms with E-state index < -0.39 is 0 Å². The van der Waals surface area contributed by atoms with Crippen LogP contribution >= 0.6 is 11.8 Å². The van der Waals surface area contributed by atoms with Gasteiger partial charge in [-0.05, 0) is 31.0 Å². The number of hydrogen-bond acceptors (Lipinski definition) is 4. The van der Waals surface area contributed by atoms with Gasteiger partial charge in [0.05, 0.1) is 5.03 Å². The second-order valence-corrected chi connectivity index (χ2v) is 6.63. The maximum Gasteiger partial charge on any atom is 0.224 e. The van der Waals surface area contributed by atoms with Crippen LogP contribution in [0.2, 0.25) is 0 Å². The number of nitrogens with zero attached hydrogens (tertiary/aromatic N) is 2. The highest BCUT2D eigenvalue weighted by Crippen LogP contribution is 2.40. The molecule has 1 N–H and O–H groups in total. The van der Waals surface area contributed by atoms with Gasteiger partial charge in [-0.25, -0.2) is 4.39 Å². The molecule has 2 heterocycles. The predicted molar refractivity (Wildman–Crippen MR) is 86.2 cm³/mol. The third kappa shape index (κ3) is 3.19. The van der Waals surface area contributed by atoms with Gasteiger partial charge < -0.3 is 15.1 Å². The molecule has 1 aromatic rings. The Hall–Kier alpha value is -2.02. The van der Waals surface area contributed by atoms with Gasteiger partial charge in [0.25, 0.3) is 0 Å². The Balaban J connectivity index is 1.85. The van der Waals surface area contributed by atoms with E-state index in [0.717, 1.165) is 29.3 Å². The van der Waals surface area contributed by atoms with E-state index in [2.05, 4.69) is 10.2 Å². The first-order valence-corrected chi connectivity index (χ1v) is 8.36. The molecule has 0 radical (unpaired) electrons. The predicted octanol–water partition coefficient (Wildman–Crippen LogP) is 2.22. The SMILES string of the molecule is CC1=C(NC=O)SC(N2CCCC2=O)N1Cc1ccc(F)cc1. The van der Waals surface area contributed by atoms with Crippen LogP contribution in [0.5, 0.6) is 0 Å². The lowest BCUT2D eigenvalue weighted by Crippen LogP contribution is -2.43. The van der Waals surface area contributed by atoms with Crippen molar-refractivity contribution in [2.24, 2.45) is 0 Å². The molecule has 2 amide bonds. The molecule has 1 saturated heterocycles. The molecule has 0 aliphatic carbocycles. The van der Waals surface area contributed by atoms with E-state index in [4.69, 9.17) is 0 Å². The van der Waals surface area contributed by atoms with Gasteiger partial charge in [-0.2, -0.15) is 0 Å². The van der Waals surface area contributed by atoms with Crippen LogP contribution in [-0.2, 0) is 16.1 Å². The highest BCUT2D eigenvalue weighted by molar-refractivity contribution is 8.03. The number of amides is 2. The van der Waals surface area contributed by atoms with Crippen molar-refractivity contribution in [3.05, 3.63) is 46.4 Å². The Morgan fingerprint density at radius 1 is 1.39 bits per heavy atom. The lowest BCUT2D eigenvalue weighted by atomic mass is 10.2. The van der Waals surface area contributed by atoms with Crippen molar-refractivity contribution >= 4 is 24.1 Å². The summed E-state index contributed by atoms with van der Waals surface area (Å²) in [6, 6.07) is 6.33. The van der Waals surface area contributed by atoms with E-state index in [1.165, 1.54) is 23.9 Å². The summed E-state index contributed by atoms with van der Waals surface area (Å²) in [7, 11) is 0. The van der Waals surface area contributed by atoms with E-state index in [0.29, 0.717) is 19.4 Å². The number of thioether (sulfide) groups is 1. The molecular formula is C16H18FN3O2S. The Kier molecular flexibility index (Phi) is 4.56. The number of rotatable bonds is 5. The summed E-state index contributed by atoms with van der Waals surface area (Å²) >= 11 is 1.47. The van der Waals surface area contributed by atoms with Gasteiger partial charge in [0.15, 0.2) is 5.50 Å². The number of likely N-dealkylation sites (tertiary alicyclic amines) is 1. The van der Waals surface area contributed by atoms with Crippen molar-refractivity contribution < 1.29 is 14.0 Å². The van der Waals surface area contributed by atoms with Crippen LogP contribution in [0.3, 0.4) is 0 Å². The Bertz CT molecular complexity index is 647. The molecule has 0 bridgehead atoms. The normalized spacial score (nSPS) is 21.3. The lowest BCUT2D eigenvalue weighted by Gasteiger charge is -2.33. The van der Waals surface area contributed by atoms with Crippen molar-refractivity contribution in [3.8, 4) is 0 Å². The fourth-order valence-corrected chi connectivity index (χ4v) is 4.18. The van der Waals surface area contributed by atoms with Gasteiger partial charge >= 0.3 is 0 Å². The molecule has 0 spiro atoms. The zero-order chi connectivity index (χ0) is 16.4. The number of halogens is 1. The minimum atomic E-state index is -0.272. The number of hydrogen-bond donors (Lipinski definition) is 1. The molecule has 1 unspecified atom stereocenters. The number of carbonyl (C=O) groups excluding carboxylic acids is 2. The third-order valence-corrected chi connectivity index (χ3v) is 5.45. The quantitative estimate of drug-likeness (QED) is 0.839. The van der Waals surface area contributed by atoms with E-state index in [9.17, 15) is 14.0 Å². The average molecular weight is 335 g/mol. The maximum atomic E-state index is 13.1. The molecule has 0 aromatic heterocycles. The first-order valence-electron chi connectivity index (χ1n) is 7.48. The van der Waals surface area contributed by atoms with Crippen LogP contribution in [0.4, 0.5) is 4.39 Å². The number of nitrogens with one attached hydrogen (secondary N) is 1. The molecule has 5 nitrogen and oxygen atoms in total. The summed E-state index contributed by atoms with van der Waals surface area (Å²) in [6.45, 7) is 3.19. The summed E-state index contributed by atoms with van der Waals surface area (Å²) in [6.07, 6.45) is 2.07. The zero-order valence-electron chi connectivity index (χ0n) is 12.8. The van der Waals surface area contributed by atoms with E-state index in [1.54, 1.807) is 12.1 Å². The first-order chi connectivity index (χ1) is 11.1. The minimum absolute atomic E-state index is 0.131. The molecule has 1 atom stereocenters. The van der Waals surface area contributed by atoms with E-state index >= 15 is 0 Å². The lowest BCUT2D eigenvalue weighted by molar-refractivity contribution is -0.130. The Morgan fingerprint density at radius 3 is 2.74 bits per heavy atom. The van der Waals surface area contributed by atoms with E-state index in [1.807, 2.05) is 11.8 Å². The largest absolute Gasteiger partial charge is 0.339 e. The van der Waals surface area contributed by atoms with Crippen molar-refractivity contribution in [1.82, 2.24) is 15.1 Å². The molecule has 1 fully saturated rings. The topological polar surface area (TPSA) is 52.7 Å². The first kappa shape index (κ1) is 15.9. The summed E-state index contributed by atoms with van der Waals surface area (Å²) < 4.78 is 13.1. The molecule has 7 heteroatoms. The molecular weight excluding hydrogens is 317 g/mol. The minimum Gasteiger partial charge on any atom is -0.339 e. The summed E-state index contributed by atoms with van der Waals surface area (Å²) in [5.41, 5.74) is 1.70. The van der Waals surface area contributed by atoms with Crippen molar-refractivity contribution in [3.63, 3.8) is 0 Å².